The normalized spacial score (nSPS) is 22.8. The molecule has 1 aliphatic rings. The van der Waals surface area contributed by atoms with Gasteiger partial charge in [-0.15, -0.1) is 0 Å². The molecule has 1 aliphatic heterocycles. The summed E-state index contributed by atoms with van der Waals surface area (Å²) in [4.78, 5) is 23.9. The summed E-state index contributed by atoms with van der Waals surface area (Å²) >= 11 is 0. The molecule has 2 amide bonds. The number of rotatable bonds is 4. The van der Waals surface area contributed by atoms with Crippen LogP contribution in [0.2, 0.25) is 0 Å². The van der Waals surface area contributed by atoms with Crippen LogP contribution in [0, 0.1) is 0 Å². The molecule has 108 valence electrons. The fourth-order valence-electron chi connectivity index (χ4n) is 2.53. The molecule has 4 heteroatoms. The van der Waals surface area contributed by atoms with Crippen molar-refractivity contribution in [1.29, 1.82) is 0 Å². The maximum absolute atomic E-state index is 12.3. The van der Waals surface area contributed by atoms with Gasteiger partial charge >= 0.3 is 0 Å². The Kier molecular flexibility index (Phi) is 4.77. The molecule has 2 N–H and O–H groups in total. The molecule has 0 unspecified atom stereocenters. The average molecular weight is 274 g/mol. The molecule has 0 aromatic heterocycles. The third-order valence-electron chi connectivity index (χ3n) is 3.79. The van der Waals surface area contributed by atoms with Crippen molar-refractivity contribution in [1.82, 2.24) is 10.6 Å². The molecule has 2 rings (SSSR count). The minimum atomic E-state index is -0.760. The van der Waals surface area contributed by atoms with Gasteiger partial charge in [0, 0.05) is 13.0 Å². The van der Waals surface area contributed by atoms with E-state index >= 15 is 0 Å². The van der Waals surface area contributed by atoms with E-state index in [-0.39, 0.29) is 11.8 Å². The number of carbonyl (C=O) groups excluding carboxylic acids is 2. The minimum Gasteiger partial charge on any atom is -0.354 e. The lowest BCUT2D eigenvalue weighted by Gasteiger charge is -2.27. The minimum absolute atomic E-state index is 0.0248. The van der Waals surface area contributed by atoms with Gasteiger partial charge in [0.25, 0.3) is 0 Å². The predicted octanol–water partition coefficient (Wildman–Crippen LogP) is 1.79. The zero-order valence-electron chi connectivity index (χ0n) is 11.9. The molecule has 4 nitrogen and oxygen atoms in total. The van der Waals surface area contributed by atoms with Crippen LogP contribution >= 0.6 is 0 Å². The molecule has 0 bridgehead atoms. The number of hydrogen-bond donors (Lipinski definition) is 2. The molecule has 0 saturated carbocycles. The van der Waals surface area contributed by atoms with Crippen LogP contribution in [0.4, 0.5) is 0 Å². The van der Waals surface area contributed by atoms with E-state index < -0.39 is 5.54 Å². The highest BCUT2D eigenvalue weighted by atomic mass is 16.2. The van der Waals surface area contributed by atoms with Gasteiger partial charge in [0.1, 0.15) is 5.54 Å². The Labute approximate surface area is 119 Å². The zero-order valence-corrected chi connectivity index (χ0v) is 11.9. The molecule has 1 heterocycles. The molecule has 1 aromatic rings. The van der Waals surface area contributed by atoms with E-state index in [2.05, 4.69) is 10.6 Å². The second kappa shape index (κ2) is 6.55. The first-order valence-electron chi connectivity index (χ1n) is 7.23. The molecule has 1 fully saturated rings. The summed E-state index contributed by atoms with van der Waals surface area (Å²) in [5.74, 6) is -0.105. The average Bonchev–Trinajstić information content (AvgIpc) is 2.61. The first-order chi connectivity index (χ1) is 9.60. The van der Waals surface area contributed by atoms with Crippen molar-refractivity contribution in [2.45, 2.75) is 44.6 Å². The van der Waals surface area contributed by atoms with Crippen LogP contribution in [0.5, 0.6) is 0 Å². The highest BCUT2D eigenvalue weighted by Gasteiger charge is 2.35. The molecule has 0 aliphatic carbocycles. The molecular formula is C16H22N2O2. The van der Waals surface area contributed by atoms with Gasteiger partial charge in [-0.3, -0.25) is 9.59 Å². The first-order valence-corrected chi connectivity index (χ1v) is 7.23. The lowest BCUT2D eigenvalue weighted by atomic mass is 9.95. The number of hydrogen-bond acceptors (Lipinski definition) is 2. The maximum atomic E-state index is 12.3. The fourth-order valence-corrected chi connectivity index (χ4v) is 2.53. The monoisotopic (exact) mass is 274 g/mol. The van der Waals surface area contributed by atoms with Crippen molar-refractivity contribution >= 4 is 11.8 Å². The van der Waals surface area contributed by atoms with E-state index in [0.717, 1.165) is 19.3 Å². The van der Waals surface area contributed by atoms with Crippen molar-refractivity contribution < 1.29 is 9.59 Å². The molecule has 1 saturated heterocycles. The number of amides is 2. The number of carbonyl (C=O) groups is 2. The topological polar surface area (TPSA) is 58.2 Å². The van der Waals surface area contributed by atoms with Gasteiger partial charge < -0.3 is 10.6 Å². The van der Waals surface area contributed by atoms with Crippen LogP contribution in [-0.2, 0) is 16.0 Å². The quantitative estimate of drug-likeness (QED) is 0.879. The third kappa shape index (κ3) is 3.83. The molecule has 0 radical (unpaired) electrons. The van der Waals surface area contributed by atoms with Gasteiger partial charge in [-0.2, -0.15) is 0 Å². The lowest BCUT2D eigenvalue weighted by Crippen LogP contribution is -2.56. The van der Waals surface area contributed by atoms with Gasteiger partial charge in [0.05, 0.1) is 0 Å². The molecule has 20 heavy (non-hydrogen) atoms. The van der Waals surface area contributed by atoms with Crippen LogP contribution in [0.15, 0.2) is 30.3 Å². The van der Waals surface area contributed by atoms with Crippen LogP contribution in [0.1, 0.15) is 38.2 Å². The van der Waals surface area contributed by atoms with Gasteiger partial charge in [-0.05, 0) is 31.7 Å². The summed E-state index contributed by atoms with van der Waals surface area (Å²) in [6, 6.07) is 10.0. The van der Waals surface area contributed by atoms with Crippen LogP contribution < -0.4 is 10.6 Å². The molecule has 0 spiro atoms. The Morgan fingerprint density at radius 3 is 2.80 bits per heavy atom. The third-order valence-corrected chi connectivity index (χ3v) is 3.79. The maximum Gasteiger partial charge on any atom is 0.245 e. The van der Waals surface area contributed by atoms with Crippen molar-refractivity contribution in [2.24, 2.45) is 0 Å². The standard InChI is InChI=1S/C16H22N2O2/c1-16(11-6-5-9-14(19)18-16)15(20)17-12-10-13-7-3-2-4-8-13/h2-4,7-8H,5-6,9-12H2,1H3,(H,17,20)(H,18,19)/t16-/m0/s1. The number of nitrogens with one attached hydrogen (secondary N) is 2. The van der Waals surface area contributed by atoms with Gasteiger partial charge in [-0.25, -0.2) is 0 Å². The summed E-state index contributed by atoms with van der Waals surface area (Å²) in [5, 5.41) is 5.79. The lowest BCUT2D eigenvalue weighted by molar-refractivity contribution is -0.132. The molecule has 1 aromatic carbocycles. The van der Waals surface area contributed by atoms with Crippen LogP contribution in [-0.4, -0.2) is 23.9 Å². The van der Waals surface area contributed by atoms with Gasteiger partial charge in [-0.1, -0.05) is 36.8 Å². The summed E-state index contributed by atoms with van der Waals surface area (Å²) in [7, 11) is 0. The van der Waals surface area contributed by atoms with E-state index in [1.54, 1.807) is 0 Å². The van der Waals surface area contributed by atoms with Crippen molar-refractivity contribution in [3.63, 3.8) is 0 Å². The summed E-state index contributed by atoms with van der Waals surface area (Å²) in [6.45, 7) is 2.41. The van der Waals surface area contributed by atoms with Crippen molar-refractivity contribution in [2.75, 3.05) is 6.54 Å². The Balaban J connectivity index is 1.85. The second-order valence-corrected chi connectivity index (χ2v) is 5.58. The Morgan fingerprint density at radius 2 is 2.05 bits per heavy atom. The summed E-state index contributed by atoms with van der Waals surface area (Å²) in [6.07, 6.45) is 3.79. The fraction of sp³-hybridized carbons (Fsp3) is 0.500. The first kappa shape index (κ1) is 14.6. The Hall–Kier alpha value is -1.84. The van der Waals surface area contributed by atoms with Crippen LogP contribution in [0.25, 0.3) is 0 Å². The molecular weight excluding hydrogens is 252 g/mol. The van der Waals surface area contributed by atoms with E-state index in [1.165, 1.54) is 5.56 Å². The second-order valence-electron chi connectivity index (χ2n) is 5.58. The summed E-state index contributed by atoms with van der Waals surface area (Å²) < 4.78 is 0. The van der Waals surface area contributed by atoms with E-state index in [4.69, 9.17) is 0 Å². The van der Waals surface area contributed by atoms with Crippen LogP contribution in [0.3, 0.4) is 0 Å². The largest absolute Gasteiger partial charge is 0.354 e. The van der Waals surface area contributed by atoms with Gasteiger partial charge in [0.15, 0.2) is 0 Å². The zero-order chi connectivity index (χ0) is 14.4. The van der Waals surface area contributed by atoms with E-state index in [0.29, 0.717) is 19.4 Å². The highest BCUT2D eigenvalue weighted by molar-refractivity contribution is 5.91. The van der Waals surface area contributed by atoms with E-state index in [9.17, 15) is 9.59 Å². The van der Waals surface area contributed by atoms with Gasteiger partial charge in [0.2, 0.25) is 11.8 Å². The Bertz CT molecular complexity index is 473. The highest BCUT2D eigenvalue weighted by Crippen LogP contribution is 2.19. The van der Waals surface area contributed by atoms with Crippen molar-refractivity contribution in [3.05, 3.63) is 35.9 Å². The SMILES string of the molecule is C[C@@]1(C(=O)NCCc2ccccc2)CCCCC(=O)N1. The predicted molar refractivity (Wildman–Crippen MR) is 78.2 cm³/mol. The van der Waals surface area contributed by atoms with E-state index in [1.807, 2.05) is 37.3 Å². The Morgan fingerprint density at radius 1 is 1.30 bits per heavy atom. The number of benzene rings is 1. The van der Waals surface area contributed by atoms with Crippen molar-refractivity contribution in [3.8, 4) is 0 Å². The molecule has 1 atom stereocenters. The summed E-state index contributed by atoms with van der Waals surface area (Å²) in [5.41, 5.74) is 0.437. The smallest absolute Gasteiger partial charge is 0.245 e.